The van der Waals surface area contributed by atoms with Crippen LogP contribution >= 0.6 is 0 Å². The molecule has 1 N–H and O–H groups in total. The highest BCUT2D eigenvalue weighted by Gasteiger charge is 2.36. The summed E-state index contributed by atoms with van der Waals surface area (Å²) in [7, 11) is 0. The molecule has 2 unspecified atom stereocenters. The topological polar surface area (TPSA) is 50.2 Å². The van der Waals surface area contributed by atoms with Crippen molar-refractivity contribution in [2.45, 2.75) is 19.3 Å². The maximum atomic E-state index is 11.0. The van der Waals surface area contributed by atoms with E-state index in [1.54, 1.807) is 0 Å². The third-order valence-corrected chi connectivity index (χ3v) is 3.96. The number of nitrogens with zero attached hydrogens (tertiary/aromatic N) is 1. The van der Waals surface area contributed by atoms with Crippen LogP contribution in [0.1, 0.15) is 18.4 Å². The summed E-state index contributed by atoms with van der Waals surface area (Å²) in [6.07, 6.45) is 4.50. The molecule has 2 aromatic rings. The number of carboxylic acid groups (broad SMARTS) is 1. The van der Waals surface area contributed by atoms with Crippen molar-refractivity contribution in [1.82, 2.24) is 4.98 Å². The predicted octanol–water partition coefficient (Wildman–Crippen LogP) is 2.89. The summed E-state index contributed by atoms with van der Waals surface area (Å²) in [4.78, 5) is 15.4. The van der Waals surface area contributed by atoms with Gasteiger partial charge < -0.3 is 5.11 Å². The second-order valence-corrected chi connectivity index (χ2v) is 4.97. The molecule has 0 aliphatic heterocycles. The lowest BCUT2D eigenvalue weighted by Gasteiger charge is -2.33. The molecule has 1 fully saturated rings. The third-order valence-electron chi connectivity index (χ3n) is 3.96. The first-order chi connectivity index (χ1) is 8.75. The molecule has 1 aromatic carbocycles. The number of carboxylic acids is 1. The molecule has 2 atom stereocenters. The van der Waals surface area contributed by atoms with E-state index in [0.29, 0.717) is 0 Å². The van der Waals surface area contributed by atoms with Crippen molar-refractivity contribution in [3.8, 4) is 0 Å². The third kappa shape index (κ3) is 1.86. The Morgan fingerprint density at radius 1 is 1.28 bits per heavy atom. The van der Waals surface area contributed by atoms with E-state index in [0.717, 1.165) is 30.2 Å². The normalized spacial score (nSPS) is 22.7. The Balaban J connectivity index is 1.89. The molecule has 3 heteroatoms. The van der Waals surface area contributed by atoms with Gasteiger partial charge in [0.05, 0.1) is 11.4 Å². The van der Waals surface area contributed by atoms with Gasteiger partial charge in [-0.25, -0.2) is 0 Å². The predicted molar refractivity (Wildman–Crippen MR) is 69.3 cm³/mol. The lowest BCUT2D eigenvalue weighted by Crippen LogP contribution is -2.34. The van der Waals surface area contributed by atoms with Gasteiger partial charge in [-0.1, -0.05) is 18.2 Å². The fraction of sp³-hybridized carbons (Fsp3) is 0.333. The average molecular weight is 241 g/mol. The largest absolute Gasteiger partial charge is 0.481 e. The van der Waals surface area contributed by atoms with Gasteiger partial charge in [0.1, 0.15) is 0 Å². The molecule has 1 aromatic heterocycles. The zero-order chi connectivity index (χ0) is 12.5. The molecule has 92 valence electrons. The Morgan fingerprint density at radius 3 is 2.83 bits per heavy atom. The average Bonchev–Trinajstić information content (AvgIpc) is 2.34. The maximum Gasteiger partial charge on any atom is 0.306 e. The number of aliphatic carboxylic acids is 1. The van der Waals surface area contributed by atoms with Gasteiger partial charge in [-0.05, 0) is 42.9 Å². The Bertz CT molecular complexity index is 589. The van der Waals surface area contributed by atoms with Gasteiger partial charge in [0.2, 0.25) is 0 Å². The van der Waals surface area contributed by atoms with Crippen LogP contribution in [-0.4, -0.2) is 16.1 Å². The van der Waals surface area contributed by atoms with Crippen molar-refractivity contribution in [3.05, 3.63) is 42.1 Å². The van der Waals surface area contributed by atoms with Crippen molar-refractivity contribution >= 4 is 16.9 Å². The zero-order valence-corrected chi connectivity index (χ0v) is 10.0. The number of hydrogen-bond acceptors (Lipinski definition) is 2. The maximum absolute atomic E-state index is 11.0. The summed E-state index contributed by atoms with van der Waals surface area (Å²) in [6, 6.07) is 10.0. The van der Waals surface area contributed by atoms with E-state index in [4.69, 9.17) is 5.11 Å². The number of pyridine rings is 1. The standard InChI is InChI=1S/C15H15NO2/c17-15(18)13-6-5-10(13)9-11-7-8-16-14-4-2-1-3-12(11)14/h1-4,7-8,10,13H,5-6,9H2,(H,17,18). The van der Waals surface area contributed by atoms with Gasteiger partial charge in [-0.15, -0.1) is 0 Å². The van der Waals surface area contributed by atoms with E-state index in [9.17, 15) is 4.79 Å². The minimum absolute atomic E-state index is 0.156. The van der Waals surface area contributed by atoms with Gasteiger partial charge in [-0.3, -0.25) is 9.78 Å². The van der Waals surface area contributed by atoms with Crippen LogP contribution in [-0.2, 0) is 11.2 Å². The van der Waals surface area contributed by atoms with Gasteiger partial charge >= 0.3 is 5.97 Å². The minimum Gasteiger partial charge on any atom is -0.481 e. The Hall–Kier alpha value is -1.90. The molecule has 1 heterocycles. The van der Waals surface area contributed by atoms with E-state index in [1.165, 1.54) is 5.56 Å². The second-order valence-electron chi connectivity index (χ2n) is 4.97. The SMILES string of the molecule is O=C(O)C1CCC1Cc1ccnc2ccccc12. The van der Waals surface area contributed by atoms with Crippen LogP contribution in [0.2, 0.25) is 0 Å². The van der Waals surface area contributed by atoms with Crippen molar-refractivity contribution in [2.24, 2.45) is 11.8 Å². The quantitative estimate of drug-likeness (QED) is 0.898. The first-order valence-electron chi connectivity index (χ1n) is 6.31. The Morgan fingerprint density at radius 2 is 2.11 bits per heavy atom. The first kappa shape index (κ1) is 11.2. The van der Waals surface area contributed by atoms with E-state index in [-0.39, 0.29) is 11.8 Å². The molecule has 0 spiro atoms. The Kier molecular flexibility index (Phi) is 2.74. The van der Waals surface area contributed by atoms with Crippen LogP contribution in [0.25, 0.3) is 10.9 Å². The Labute approximate surface area is 105 Å². The molecule has 0 radical (unpaired) electrons. The summed E-state index contributed by atoms with van der Waals surface area (Å²) >= 11 is 0. The second kappa shape index (κ2) is 4.41. The summed E-state index contributed by atoms with van der Waals surface area (Å²) in [6.45, 7) is 0. The first-order valence-corrected chi connectivity index (χ1v) is 6.31. The number of benzene rings is 1. The number of fused-ring (bicyclic) bond motifs is 1. The molecule has 0 bridgehead atoms. The number of carbonyl (C=O) groups is 1. The highest BCUT2D eigenvalue weighted by Crippen LogP contribution is 2.37. The molecule has 3 rings (SSSR count). The lowest BCUT2D eigenvalue weighted by molar-refractivity contribution is -0.147. The summed E-state index contributed by atoms with van der Waals surface area (Å²) in [5.74, 6) is -0.519. The van der Waals surface area contributed by atoms with E-state index < -0.39 is 5.97 Å². The summed E-state index contributed by atoms with van der Waals surface area (Å²) < 4.78 is 0. The molecular weight excluding hydrogens is 226 g/mol. The highest BCUT2D eigenvalue weighted by molar-refractivity contribution is 5.82. The summed E-state index contributed by atoms with van der Waals surface area (Å²) in [5.41, 5.74) is 2.21. The molecule has 0 amide bonds. The fourth-order valence-electron chi connectivity index (χ4n) is 2.75. The van der Waals surface area contributed by atoms with Crippen LogP contribution in [0.15, 0.2) is 36.5 Å². The molecule has 3 nitrogen and oxygen atoms in total. The van der Waals surface area contributed by atoms with Gasteiger partial charge in [0.25, 0.3) is 0 Å². The molecule has 1 aliphatic rings. The van der Waals surface area contributed by atoms with Crippen LogP contribution in [0, 0.1) is 11.8 Å². The smallest absolute Gasteiger partial charge is 0.306 e. The monoisotopic (exact) mass is 241 g/mol. The molecule has 18 heavy (non-hydrogen) atoms. The van der Waals surface area contributed by atoms with Crippen molar-refractivity contribution in [2.75, 3.05) is 0 Å². The fourth-order valence-corrected chi connectivity index (χ4v) is 2.75. The lowest BCUT2D eigenvalue weighted by atomic mass is 9.70. The van der Waals surface area contributed by atoms with Crippen LogP contribution in [0.4, 0.5) is 0 Å². The molecular formula is C15H15NO2. The zero-order valence-electron chi connectivity index (χ0n) is 10.0. The van der Waals surface area contributed by atoms with Crippen LogP contribution in [0.3, 0.4) is 0 Å². The van der Waals surface area contributed by atoms with E-state index >= 15 is 0 Å². The van der Waals surface area contributed by atoms with Gasteiger partial charge in [0, 0.05) is 11.6 Å². The number of para-hydroxylation sites is 1. The molecule has 0 saturated heterocycles. The van der Waals surface area contributed by atoms with Gasteiger partial charge in [-0.2, -0.15) is 0 Å². The summed E-state index contributed by atoms with van der Waals surface area (Å²) in [5, 5.41) is 10.2. The molecule has 1 saturated carbocycles. The highest BCUT2D eigenvalue weighted by atomic mass is 16.4. The van der Waals surface area contributed by atoms with E-state index in [1.807, 2.05) is 30.5 Å². The number of rotatable bonds is 3. The molecule has 1 aliphatic carbocycles. The van der Waals surface area contributed by atoms with E-state index in [2.05, 4.69) is 11.1 Å². The van der Waals surface area contributed by atoms with Crippen LogP contribution < -0.4 is 0 Å². The number of hydrogen-bond donors (Lipinski definition) is 1. The van der Waals surface area contributed by atoms with Crippen molar-refractivity contribution in [3.63, 3.8) is 0 Å². The minimum atomic E-state index is -0.649. The number of aromatic nitrogens is 1. The van der Waals surface area contributed by atoms with Crippen LogP contribution in [0.5, 0.6) is 0 Å². The van der Waals surface area contributed by atoms with Gasteiger partial charge in [0.15, 0.2) is 0 Å². The van der Waals surface area contributed by atoms with Crippen molar-refractivity contribution < 1.29 is 9.90 Å². The van der Waals surface area contributed by atoms with Crippen molar-refractivity contribution in [1.29, 1.82) is 0 Å².